The molecule has 7 heteroatoms. The molecule has 2 aromatic rings. The minimum absolute atomic E-state index is 0.145. The largest absolute Gasteiger partial charge is 0.497 e. The van der Waals surface area contributed by atoms with E-state index in [4.69, 9.17) is 14.2 Å². The van der Waals surface area contributed by atoms with E-state index in [1.54, 1.807) is 32.2 Å². The lowest BCUT2D eigenvalue weighted by Gasteiger charge is -2.20. The predicted molar refractivity (Wildman–Crippen MR) is 89.2 cm³/mol. The fourth-order valence-electron chi connectivity index (χ4n) is 2.45. The van der Waals surface area contributed by atoms with E-state index in [2.05, 4.69) is 4.72 Å². The minimum Gasteiger partial charge on any atom is -0.497 e. The smallest absolute Gasteiger partial charge is 0.241 e. The van der Waals surface area contributed by atoms with E-state index in [9.17, 15) is 8.42 Å². The molecule has 0 aromatic heterocycles. The zero-order chi connectivity index (χ0) is 17.2. The van der Waals surface area contributed by atoms with Crippen LogP contribution in [0.25, 0.3) is 0 Å². The van der Waals surface area contributed by atoms with Gasteiger partial charge >= 0.3 is 0 Å². The van der Waals surface area contributed by atoms with Crippen molar-refractivity contribution in [3.63, 3.8) is 0 Å². The van der Waals surface area contributed by atoms with Crippen molar-refractivity contribution in [2.75, 3.05) is 20.3 Å². The molecule has 6 nitrogen and oxygen atoms in total. The fourth-order valence-corrected chi connectivity index (χ4v) is 3.70. The lowest BCUT2D eigenvalue weighted by molar-refractivity contribution is 0.171. The molecule has 0 radical (unpaired) electrons. The number of methoxy groups -OCH3 is 1. The first-order valence-corrected chi connectivity index (χ1v) is 9.04. The molecule has 24 heavy (non-hydrogen) atoms. The van der Waals surface area contributed by atoms with Gasteiger partial charge in [-0.3, -0.25) is 0 Å². The molecular formula is C17H19NO5S. The second kappa shape index (κ2) is 6.70. The predicted octanol–water partition coefficient (Wildman–Crippen LogP) is 2.51. The normalized spacial score (nSPS) is 14.9. The van der Waals surface area contributed by atoms with Gasteiger partial charge in [0, 0.05) is 12.1 Å². The van der Waals surface area contributed by atoms with Gasteiger partial charge in [-0.25, -0.2) is 13.1 Å². The third-order valence-electron chi connectivity index (χ3n) is 3.77. The zero-order valence-electron chi connectivity index (χ0n) is 13.5. The monoisotopic (exact) mass is 349 g/mol. The molecule has 0 unspecified atom stereocenters. The van der Waals surface area contributed by atoms with Crippen molar-refractivity contribution in [2.45, 2.75) is 17.9 Å². The number of hydrogen-bond acceptors (Lipinski definition) is 5. The van der Waals surface area contributed by atoms with Gasteiger partial charge in [-0.05, 0) is 36.8 Å². The van der Waals surface area contributed by atoms with Gasteiger partial charge in [0.25, 0.3) is 0 Å². The Morgan fingerprint density at radius 3 is 2.38 bits per heavy atom. The molecule has 0 bridgehead atoms. The molecular weight excluding hydrogens is 330 g/mol. The molecule has 0 saturated heterocycles. The van der Waals surface area contributed by atoms with Crippen LogP contribution < -0.4 is 18.9 Å². The molecule has 1 atom stereocenters. The van der Waals surface area contributed by atoms with Crippen LogP contribution in [0.5, 0.6) is 17.2 Å². The molecule has 1 aliphatic heterocycles. The maximum absolute atomic E-state index is 12.6. The third-order valence-corrected chi connectivity index (χ3v) is 5.31. The van der Waals surface area contributed by atoms with Crippen molar-refractivity contribution in [3.05, 3.63) is 48.0 Å². The quantitative estimate of drug-likeness (QED) is 0.898. The summed E-state index contributed by atoms with van der Waals surface area (Å²) in [6, 6.07) is 11.5. The molecule has 0 fully saturated rings. The second-order valence-electron chi connectivity index (χ2n) is 5.42. The second-order valence-corrected chi connectivity index (χ2v) is 7.14. The number of sulfonamides is 1. The lowest BCUT2D eigenvalue weighted by Crippen LogP contribution is -2.27. The van der Waals surface area contributed by atoms with Crippen LogP contribution in [0.15, 0.2) is 47.4 Å². The van der Waals surface area contributed by atoms with Crippen LogP contribution in [-0.2, 0) is 10.0 Å². The Morgan fingerprint density at radius 1 is 1.04 bits per heavy atom. The fraction of sp³-hybridized carbons (Fsp3) is 0.294. The molecule has 1 heterocycles. The summed E-state index contributed by atoms with van der Waals surface area (Å²) in [6.45, 7) is 2.66. The molecule has 1 aliphatic rings. The van der Waals surface area contributed by atoms with E-state index >= 15 is 0 Å². The number of nitrogens with one attached hydrogen (secondary N) is 1. The van der Waals surface area contributed by atoms with E-state index in [0.717, 1.165) is 11.3 Å². The number of fused-ring (bicyclic) bond motifs is 1. The van der Waals surface area contributed by atoms with Crippen LogP contribution in [0.2, 0.25) is 0 Å². The van der Waals surface area contributed by atoms with Gasteiger partial charge in [0.2, 0.25) is 10.0 Å². The Kier molecular flexibility index (Phi) is 4.64. The van der Waals surface area contributed by atoms with E-state index in [-0.39, 0.29) is 10.9 Å². The maximum Gasteiger partial charge on any atom is 0.241 e. The summed E-state index contributed by atoms with van der Waals surface area (Å²) in [5.41, 5.74) is 0.844. The highest BCUT2D eigenvalue weighted by Gasteiger charge is 2.21. The highest BCUT2D eigenvalue weighted by molar-refractivity contribution is 7.89. The zero-order valence-corrected chi connectivity index (χ0v) is 14.3. The van der Waals surface area contributed by atoms with Crippen molar-refractivity contribution in [1.29, 1.82) is 0 Å². The summed E-state index contributed by atoms with van der Waals surface area (Å²) in [5.74, 6) is 1.73. The molecule has 3 rings (SSSR count). The SMILES string of the molecule is COc1ccc([C@@H](C)NS(=O)(=O)c2ccc3c(c2)OCCO3)cc1. The van der Waals surface area contributed by atoms with Gasteiger partial charge in [-0.15, -0.1) is 0 Å². The van der Waals surface area contributed by atoms with Gasteiger partial charge in [-0.1, -0.05) is 12.1 Å². The van der Waals surface area contributed by atoms with Crippen LogP contribution in [0.1, 0.15) is 18.5 Å². The molecule has 128 valence electrons. The van der Waals surface area contributed by atoms with Crippen molar-refractivity contribution < 1.29 is 22.6 Å². The van der Waals surface area contributed by atoms with E-state index in [1.807, 2.05) is 12.1 Å². The average molecular weight is 349 g/mol. The van der Waals surface area contributed by atoms with Crippen LogP contribution in [0.4, 0.5) is 0 Å². The Bertz CT molecular complexity index is 817. The van der Waals surface area contributed by atoms with Gasteiger partial charge in [0.1, 0.15) is 19.0 Å². The van der Waals surface area contributed by atoms with Crippen molar-refractivity contribution in [2.24, 2.45) is 0 Å². The highest BCUT2D eigenvalue weighted by Crippen LogP contribution is 2.32. The van der Waals surface area contributed by atoms with E-state index in [0.29, 0.717) is 24.7 Å². The van der Waals surface area contributed by atoms with Crippen LogP contribution in [-0.4, -0.2) is 28.7 Å². The van der Waals surface area contributed by atoms with Crippen molar-refractivity contribution in [1.82, 2.24) is 4.72 Å². The highest BCUT2D eigenvalue weighted by atomic mass is 32.2. The summed E-state index contributed by atoms with van der Waals surface area (Å²) < 4.78 is 43.8. The van der Waals surface area contributed by atoms with E-state index in [1.165, 1.54) is 12.1 Å². The Balaban J connectivity index is 1.79. The number of hydrogen-bond donors (Lipinski definition) is 1. The average Bonchev–Trinajstić information content (AvgIpc) is 2.61. The van der Waals surface area contributed by atoms with E-state index < -0.39 is 10.0 Å². The van der Waals surface area contributed by atoms with Crippen LogP contribution >= 0.6 is 0 Å². The summed E-state index contributed by atoms with van der Waals surface area (Å²) in [7, 11) is -2.09. The van der Waals surface area contributed by atoms with Crippen LogP contribution in [0.3, 0.4) is 0 Å². The van der Waals surface area contributed by atoms with Crippen LogP contribution in [0, 0.1) is 0 Å². The molecule has 0 saturated carbocycles. The van der Waals surface area contributed by atoms with Gasteiger partial charge in [0.05, 0.1) is 12.0 Å². The number of benzene rings is 2. The van der Waals surface area contributed by atoms with Crippen molar-refractivity contribution in [3.8, 4) is 17.2 Å². The van der Waals surface area contributed by atoms with Crippen molar-refractivity contribution >= 4 is 10.0 Å². The Hall–Kier alpha value is -2.25. The third kappa shape index (κ3) is 3.47. The summed E-state index contributed by atoms with van der Waals surface area (Å²) in [4.78, 5) is 0.145. The first-order chi connectivity index (χ1) is 11.5. The summed E-state index contributed by atoms with van der Waals surface area (Å²) >= 11 is 0. The van der Waals surface area contributed by atoms with Gasteiger partial charge in [-0.2, -0.15) is 0 Å². The molecule has 0 spiro atoms. The first kappa shape index (κ1) is 16.6. The lowest BCUT2D eigenvalue weighted by atomic mass is 10.1. The maximum atomic E-state index is 12.6. The topological polar surface area (TPSA) is 73.9 Å². The molecule has 0 amide bonds. The standard InChI is InChI=1S/C17H19NO5S/c1-12(13-3-5-14(21-2)6-4-13)18-24(19,20)15-7-8-16-17(11-15)23-10-9-22-16/h3-8,11-12,18H,9-10H2,1-2H3/t12-/m1/s1. The Morgan fingerprint density at radius 2 is 1.71 bits per heavy atom. The molecule has 0 aliphatic carbocycles. The summed E-state index contributed by atoms with van der Waals surface area (Å²) in [6.07, 6.45) is 0. The van der Waals surface area contributed by atoms with Gasteiger partial charge < -0.3 is 14.2 Å². The summed E-state index contributed by atoms with van der Waals surface area (Å²) in [5, 5.41) is 0. The minimum atomic E-state index is -3.67. The number of rotatable bonds is 5. The van der Waals surface area contributed by atoms with Gasteiger partial charge in [0.15, 0.2) is 11.5 Å². The molecule has 1 N–H and O–H groups in total. The molecule has 2 aromatic carbocycles. The first-order valence-electron chi connectivity index (χ1n) is 7.55. The Labute approximate surface area is 141 Å². The number of ether oxygens (including phenoxy) is 3.